The van der Waals surface area contributed by atoms with Crippen LogP contribution in [0.3, 0.4) is 0 Å². The van der Waals surface area contributed by atoms with Crippen LogP contribution in [0.1, 0.15) is 25.3 Å². The van der Waals surface area contributed by atoms with E-state index in [-0.39, 0.29) is 24.1 Å². The Bertz CT molecular complexity index is 942. The van der Waals surface area contributed by atoms with Crippen LogP contribution < -0.4 is 0 Å². The molecule has 3 aliphatic rings. The van der Waals surface area contributed by atoms with Crippen molar-refractivity contribution in [1.29, 1.82) is 0 Å². The highest BCUT2D eigenvalue weighted by molar-refractivity contribution is 6.03. The summed E-state index contributed by atoms with van der Waals surface area (Å²) >= 11 is 0. The summed E-state index contributed by atoms with van der Waals surface area (Å²) in [6.45, 7) is 0.114. The first-order valence-electron chi connectivity index (χ1n) is 9.52. The van der Waals surface area contributed by atoms with Gasteiger partial charge in [-0.05, 0) is 24.5 Å². The Balaban J connectivity index is 1.71. The fraction of sp³-hybridized carbons (Fsp3) is 0.450. The maximum Gasteiger partial charge on any atom is 0.407 e. The highest BCUT2D eigenvalue weighted by Crippen LogP contribution is 2.47. The van der Waals surface area contributed by atoms with Crippen molar-refractivity contribution in [3.8, 4) is 0 Å². The molecule has 0 saturated carbocycles. The monoisotopic (exact) mass is 423 g/mol. The number of carbonyl (C=O) groups excluding carboxylic acids is 1. The second-order valence-corrected chi connectivity index (χ2v) is 7.77. The maximum absolute atomic E-state index is 13.2. The van der Waals surface area contributed by atoms with E-state index in [2.05, 4.69) is 5.10 Å². The van der Waals surface area contributed by atoms with Crippen LogP contribution in [0.15, 0.2) is 46.7 Å². The Labute approximate surface area is 170 Å². The van der Waals surface area contributed by atoms with Gasteiger partial charge in [0, 0.05) is 6.42 Å². The Morgan fingerprint density at radius 2 is 1.93 bits per heavy atom. The van der Waals surface area contributed by atoms with Gasteiger partial charge in [0.1, 0.15) is 12.2 Å². The Morgan fingerprint density at radius 1 is 1.27 bits per heavy atom. The molecule has 4 rings (SSSR count). The number of carbonyl (C=O) groups is 2. The number of carboxylic acid groups (broad SMARTS) is 1. The first-order valence-corrected chi connectivity index (χ1v) is 9.52. The number of hydrazone groups is 1. The average Bonchev–Trinajstić information content (AvgIpc) is 3.19. The van der Waals surface area contributed by atoms with Crippen LogP contribution in [0.4, 0.5) is 13.2 Å². The molecule has 0 aliphatic carbocycles. The number of halogens is 3. The SMILES string of the molecule is C[C@@H](O)[C@H]1C(=O)N2C(C(=O)O)=C([C@@H]3CC(c4ccccc4)=NN3CC(F)(F)F)C[C@H]12. The number of β-lactam (4-membered cyclic amide) rings is 1. The van der Waals surface area contributed by atoms with E-state index in [1.54, 1.807) is 30.3 Å². The summed E-state index contributed by atoms with van der Waals surface area (Å²) in [5.41, 5.74) is 1.03. The van der Waals surface area contributed by atoms with Gasteiger partial charge < -0.3 is 15.1 Å². The number of carboxylic acids is 1. The standard InChI is InChI=1S/C20H20F3N3O4/c1-10(27)16-15-7-12(17(19(29)30)26(15)18(16)28)14-8-13(11-5-3-2-4-6-11)24-25(14)9-20(21,22)23/h2-6,10,14-16,27H,7-9H2,1H3,(H,29,30)/t10-,14+,15-,16-/m1/s1. The first kappa shape index (κ1) is 20.4. The molecule has 0 aromatic heterocycles. The van der Waals surface area contributed by atoms with Crippen molar-refractivity contribution in [2.24, 2.45) is 11.0 Å². The Kier molecular flexibility index (Phi) is 4.84. The minimum atomic E-state index is -4.53. The molecule has 160 valence electrons. The third-order valence-electron chi connectivity index (χ3n) is 5.81. The molecular formula is C20H20F3N3O4. The van der Waals surface area contributed by atoms with Gasteiger partial charge in [-0.15, -0.1) is 0 Å². The second kappa shape index (κ2) is 7.12. The molecule has 1 aromatic carbocycles. The summed E-state index contributed by atoms with van der Waals surface area (Å²) in [6, 6.07) is 7.23. The van der Waals surface area contributed by atoms with Crippen molar-refractivity contribution in [3.63, 3.8) is 0 Å². The smallest absolute Gasteiger partial charge is 0.407 e. The molecule has 1 fully saturated rings. The summed E-state index contributed by atoms with van der Waals surface area (Å²) < 4.78 is 39.6. The number of aliphatic hydroxyl groups is 1. The van der Waals surface area contributed by atoms with E-state index in [0.29, 0.717) is 11.3 Å². The number of aliphatic carboxylic acids is 1. The Hall–Kier alpha value is -2.88. The van der Waals surface area contributed by atoms with Gasteiger partial charge in [-0.2, -0.15) is 18.3 Å². The number of fused-ring (bicyclic) bond motifs is 1. The van der Waals surface area contributed by atoms with Gasteiger partial charge in [0.25, 0.3) is 0 Å². The van der Waals surface area contributed by atoms with Crippen molar-refractivity contribution < 1.29 is 33.0 Å². The molecule has 2 N–H and O–H groups in total. The predicted molar refractivity (Wildman–Crippen MR) is 99.2 cm³/mol. The number of benzene rings is 1. The van der Waals surface area contributed by atoms with Crippen LogP contribution in [-0.2, 0) is 9.59 Å². The van der Waals surface area contributed by atoms with Crippen LogP contribution in [0, 0.1) is 5.92 Å². The van der Waals surface area contributed by atoms with Gasteiger partial charge in [-0.25, -0.2) is 4.79 Å². The molecule has 0 spiro atoms. The quantitative estimate of drug-likeness (QED) is 0.707. The lowest BCUT2D eigenvalue weighted by atomic mass is 9.82. The lowest BCUT2D eigenvalue weighted by molar-refractivity contribution is -0.161. The van der Waals surface area contributed by atoms with E-state index >= 15 is 0 Å². The van der Waals surface area contributed by atoms with Crippen LogP contribution in [0.25, 0.3) is 0 Å². The zero-order valence-corrected chi connectivity index (χ0v) is 16.0. The van der Waals surface area contributed by atoms with Gasteiger partial charge in [0.15, 0.2) is 0 Å². The highest BCUT2D eigenvalue weighted by atomic mass is 19.4. The summed E-state index contributed by atoms with van der Waals surface area (Å²) in [6.07, 6.45) is -5.31. The molecule has 1 saturated heterocycles. The molecule has 1 aromatic rings. The topological polar surface area (TPSA) is 93.4 Å². The fourth-order valence-electron chi connectivity index (χ4n) is 4.59. The van der Waals surface area contributed by atoms with Crippen LogP contribution in [0.2, 0.25) is 0 Å². The summed E-state index contributed by atoms with van der Waals surface area (Å²) in [7, 11) is 0. The van der Waals surface area contributed by atoms with Gasteiger partial charge in [0.2, 0.25) is 5.91 Å². The minimum Gasteiger partial charge on any atom is -0.477 e. The molecule has 3 aliphatic heterocycles. The van der Waals surface area contributed by atoms with Gasteiger partial charge in [-0.3, -0.25) is 9.80 Å². The molecule has 3 heterocycles. The molecule has 7 nitrogen and oxygen atoms in total. The zero-order valence-electron chi connectivity index (χ0n) is 16.0. The molecule has 0 radical (unpaired) electrons. The van der Waals surface area contributed by atoms with E-state index < -0.39 is 48.7 Å². The predicted octanol–water partition coefficient (Wildman–Crippen LogP) is 1.98. The number of alkyl halides is 3. The van der Waals surface area contributed by atoms with Gasteiger partial charge in [-0.1, -0.05) is 30.3 Å². The third kappa shape index (κ3) is 3.34. The molecule has 4 atom stereocenters. The number of rotatable bonds is 5. The van der Waals surface area contributed by atoms with E-state index in [1.807, 2.05) is 0 Å². The first-order chi connectivity index (χ1) is 14.1. The maximum atomic E-state index is 13.2. The van der Waals surface area contributed by atoms with Crippen LogP contribution in [-0.4, -0.2) is 68.6 Å². The van der Waals surface area contributed by atoms with E-state index in [9.17, 15) is 33.0 Å². The largest absolute Gasteiger partial charge is 0.477 e. The Morgan fingerprint density at radius 3 is 2.50 bits per heavy atom. The third-order valence-corrected chi connectivity index (χ3v) is 5.81. The highest BCUT2D eigenvalue weighted by Gasteiger charge is 2.58. The molecular weight excluding hydrogens is 403 g/mol. The normalized spacial score (nSPS) is 27.2. The van der Waals surface area contributed by atoms with Crippen molar-refractivity contribution >= 4 is 17.6 Å². The number of amides is 1. The molecule has 10 heteroatoms. The van der Waals surface area contributed by atoms with Crippen LogP contribution >= 0.6 is 0 Å². The average molecular weight is 423 g/mol. The molecule has 0 bridgehead atoms. The molecule has 30 heavy (non-hydrogen) atoms. The lowest BCUT2D eigenvalue weighted by Crippen LogP contribution is -2.61. The number of nitrogens with zero attached hydrogens (tertiary/aromatic N) is 3. The van der Waals surface area contributed by atoms with Gasteiger partial charge >= 0.3 is 12.1 Å². The molecule has 0 unspecified atom stereocenters. The lowest BCUT2D eigenvalue weighted by Gasteiger charge is -2.44. The van der Waals surface area contributed by atoms with Crippen molar-refractivity contribution in [3.05, 3.63) is 47.2 Å². The number of hydrogen-bond acceptors (Lipinski definition) is 5. The summed E-state index contributed by atoms with van der Waals surface area (Å²) in [5, 5.41) is 24.6. The fourth-order valence-corrected chi connectivity index (χ4v) is 4.59. The number of aliphatic hydroxyl groups excluding tert-OH is 1. The van der Waals surface area contributed by atoms with Crippen molar-refractivity contribution in [2.45, 2.75) is 44.1 Å². The van der Waals surface area contributed by atoms with Crippen LogP contribution in [0.5, 0.6) is 0 Å². The van der Waals surface area contributed by atoms with E-state index in [4.69, 9.17) is 0 Å². The van der Waals surface area contributed by atoms with Crippen molar-refractivity contribution in [1.82, 2.24) is 9.91 Å². The van der Waals surface area contributed by atoms with Gasteiger partial charge in [0.05, 0.1) is 29.8 Å². The molecule has 1 amide bonds. The number of hydrogen-bond donors (Lipinski definition) is 2. The zero-order chi connectivity index (χ0) is 21.8. The minimum absolute atomic E-state index is 0.0968. The summed E-state index contributed by atoms with van der Waals surface area (Å²) in [4.78, 5) is 25.4. The summed E-state index contributed by atoms with van der Waals surface area (Å²) in [5.74, 6) is -2.65. The van der Waals surface area contributed by atoms with E-state index in [0.717, 1.165) is 9.91 Å². The van der Waals surface area contributed by atoms with Crippen molar-refractivity contribution in [2.75, 3.05) is 6.54 Å². The second-order valence-electron chi connectivity index (χ2n) is 7.77. The van der Waals surface area contributed by atoms with E-state index in [1.165, 1.54) is 6.92 Å².